The number of rotatable bonds is 3. The second-order valence-electron chi connectivity index (χ2n) is 4.68. The van der Waals surface area contributed by atoms with Crippen LogP contribution in [0.4, 0.5) is 11.5 Å². The Morgan fingerprint density at radius 2 is 2.16 bits per heavy atom. The first-order valence-corrected chi connectivity index (χ1v) is 6.65. The van der Waals surface area contributed by atoms with E-state index in [-0.39, 0.29) is 5.78 Å². The molecule has 0 atom stereocenters. The lowest BCUT2D eigenvalue weighted by molar-refractivity contribution is 0.0989. The molecule has 0 amide bonds. The maximum atomic E-state index is 12.1. The average Bonchev–Trinajstić information content (AvgIpc) is 2.91. The van der Waals surface area contributed by atoms with Crippen molar-refractivity contribution in [1.29, 1.82) is 0 Å². The van der Waals surface area contributed by atoms with Crippen LogP contribution in [0.15, 0.2) is 42.6 Å². The number of pyridine rings is 1. The van der Waals surface area contributed by atoms with Crippen LogP contribution in [-0.4, -0.2) is 17.3 Å². The average molecular weight is 252 g/mol. The molecule has 3 rings (SSSR count). The van der Waals surface area contributed by atoms with E-state index in [1.807, 2.05) is 37.3 Å². The number of carbonyl (C=O) groups excluding carboxylic acids is 1. The molecule has 1 aromatic carbocycles. The number of carbonyl (C=O) groups is 1. The number of fused-ring (bicyclic) bond motifs is 1. The van der Waals surface area contributed by atoms with Crippen LogP contribution in [0.25, 0.3) is 0 Å². The van der Waals surface area contributed by atoms with Crippen LogP contribution >= 0.6 is 0 Å². The van der Waals surface area contributed by atoms with Gasteiger partial charge >= 0.3 is 0 Å². The van der Waals surface area contributed by atoms with Gasteiger partial charge in [0.25, 0.3) is 0 Å². The Bertz CT molecular complexity index is 607. The zero-order valence-corrected chi connectivity index (χ0v) is 11.0. The highest BCUT2D eigenvalue weighted by Gasteiger charge is 2.25. The number of benzene rings is 1. The second kappa shape index (κ2) is 4.84. The third kappa shape index (κ3) is 2.01. The van der Waals surface area contributed by atoms with Gasteiger partial charge in [0.15, 0.2) is 5.78 Å². The van der Waals surface area contributed by atoms with E-state index in [9.17, 15) is 4.79 Å². The molecule has 1 aliphatic heterocycles. The second-order valence-corrected chi connectivity index (χ2v) is 4.68. The molecule has 0 radical (unpaired) electrons. The van der Waals surface area contributed by atoms with Crippen molar-refractivity contribution in [2.75, 3.05) is 11.4 Å². The van der Waals surface area contributed by atoms with Crippen molar-refractivity contribution in [2.24, 2.45) is 0 Å². The minimum absolute atomic E-state index is 0.194. The number of aromatic nitrogens is 1. The first kappa shape index (κ1) is 11.9. The van der Waals surface area contributed by atoms with Crippen molar-refractivity contribution < 1.29 is 4.79 Å². The van der Waals surface area contributed by atoms with E-state index in [2.05, 4.69) is 16.0 Å². The summed E-state index contributed by atoms with van der Waals surface area (Å²) in [6.45, 7) is 2.79. The molecule has 0 bridgehead atoms. The summed E-state index contributed by atoms with van der Waals surface area (Å²) in [7, 11) is 0. The monoisotopic (exact) mass is 252 g/mol. The van der Waals surface area contributed by atoms with Crippen molar-refractivity contribution in [2.45, 2.75) is 19.8 Å². The summed E-state index contributed by atoms with van der Waals surface area (Å²) in [5, 5.41) is 0. The van der Waals surface area contributed by atoms with Crippen LogP contribution in [0.5, 0.6) is 0 Å². The van der Waals surface area contributed by atoms with E-state index in [0.717, 1.165) is 30.0 Å². The van der Waals surface area contributed by atoms with Gasteiger partial charge in [-0.15, -0.1) is 0 Å². The van der Waals surface area contributed by atoms with Gasteiger partial charge in [0.05, 0.1) is 5.69 Å². The molecule has 0 aliphatic carbocycles. The lowest BCUT2D eigenvalue weighted by atomic mass is 10.0. The van der Waals surface area contributed by atoms with Crippen LogP contribution in [-0.2, 0) is 6.42 Å². The Balaban J connectivity index is 2.11. The van der Waals surface area contributed by atoms with E-state index in [1.54, 1.807) is 6.20 Å². The van der Waals surface area contributed by atoms with E-state index in [1.165, 1.54) is 5.56 Å². The van der Waals surface area contributed by atoms with Gasteiger partial charge in [-0.3, -0.25) is 4.79 Å². The molecular weight excluding hydrogens is 236 g/mol. The molecule has 0 unspecified atom stereocenters. The number of hydrogen-bond acceptors (Lipinski definition) is 3. The SMILES string of the molecule is CCC(=O)c1cccc2c1N(c1ccccn1)CC2. The summed E-state index contributed by atoms with van der Waals surface area (Å²) in [5.74, 6) is 1.11. The van der Waals surface area contributed by atoms with E-state index < -0.39 is 0 Å². The fraction of sp³-hybridized carbons (Fsp3) is 0.250. The van der Waals surface area contributed by atoms with Crippen LogP contribution in [0.1, 0.15) is 29.3 Å². The molecule has 2 aromatic rings. The molecular formula is C16H16N2O. The largest absolute Gasteiger partial charge is 0.325 e. The van der Waals surface area contributed by atoms with Gasteiger partial charge in [0.1, 0.15) is 5.82 Å². The molecule has 0 N–H and O–H groups in total. The minimum Gasteiger partial charge on any atom is -0.325 e. The normalized spacial score (nSPS) is 13.4. The number of hydrogen-bond donors (Lipinski definition) is 0. The van der Waals surface area contributed by atoms with Crippen molar-refractivity contribution >= 4 is 17.3 Å². The highest BCUT2D eigenvalue weighted by Crippen LogP contribution is 2.36. The lowest BCUT2D eigenvalue weighted by Crippen LogP contribution is -2.17. The van der Waals surface area contributed by atoms with Gasteiger partial charge in [-0.25, -0.2) is 4.98 Å². The van der Waals surface area contributed by atoms with Crippen molar-refractivity contribution in [1.82, 2.24) is 4.98 Å². The number of Topliss-reactive ketones (excluding diaryl/α,β-unsaturated/α-hetero) is 1. The topological polar surface area (TPSA) is 33.2 Å². The molecule has 19 heavy (non-hydrogen) atoms. The number of anilines is 2. The van der Waals surface area contributed by atoms with Gasteiger partial charge in [-0.2, -0.15) is 0 Å². The van der Waals surface area contributed by atoms with E-state index in [0.29, 0.717) is 6.42 Å². The molecule has 0 fully saturated rings. The predicted molar refractivity (Wildman–Crippen MR) is 76.0 cm³/mol. The molecule has 2 heterocycles. The molecule has 96 valence electrons. The summed E-state index contributed by atoms with van der Waals surface area (Å²) in [4.78, 5) is 18.7. The summed E-state index contributed by atoms with van der Waals surface area (Å²) >= 11 is 0. The molecule has 0 saturated carbocycles. The summed E-state index contributed by atoms with van der Waals surface area (Å²) < 4.78 is 0. The third-order valence-corrected chi connectivity index (χ3v) is 3.54. The third-order valence-electron chi connectivity index (χ3n) is 3.54. The van der Waals surface area contributed by atoms with E-state index >= 15 is 0 Å². The van der Waals surface area contributed by atoms with Crippen molar-refractivity contribution in [3.63, 3.8) is 0 Å². The highest BCUT2D eigenvalue weighted by atomic mass is 16.1. The van der Waals surface area contributed by atoms with E-state index in [4.69, 9.17) is 0 Å². The fourth-order valence-electron chi connectivity index (χ4n) is 2.61. The Kier molecular flexibility index (Phi) is 3.03. The van der Waals surface area contributed by atoms with Gasteiger partial charge in [-0.05, 0) is 30.2 Å². The van der Waals surface area contributed by atoms with Crippen LogP contribution in [0.2, 0.25) is 0 Å². The molecule has 3 heteroatoms. The minimum atomic E-state index is 0.194. The number of para-hydroxylation sites is 1. The molecule has 0 saturated heterocycles. The molecule has 0 spiro atoms. The Morgan fingerprint density at radius 3 is 2.89 bits per heavy atom. The number of ketones is 1. The smallest absolute Gasteiger partial charge is 0.164 e. The summed E-state index contributed by atoms with van der Waals surface area (Å²) in [6, 6.07) is 11.9. The Labute approximate surface area is 112 Å². The predicted octanol–water partition coefficient (Wildman–Crippen LogP) is 3.37. The van der Waals surface area contributed by atoms with Crippen molar-refractivity contribution in [3.05, 3.63) is 53.7 Å². The van der Waals surface area contributed by atoms with Gasteiger partial charge in [-0.1, -0.05) is 25.1 Å². The molecule has 3 nitrogen and oxygen atoms in total. The van der Waals surface area contributed by atoms with Gasteiger partial charge < -0.3 is 4.90 Å². The zero-order valence-electron chi connectivity index (χ0n) is 11.0. The summed E-state index contributed by atoms with van der Waals surface area (Å²) in [6.07, 6.45) is 3.29. The Hall–Kier alpha value is -2.16. The number of nitrogens with zero attached hydrogens (tertiary/aromatic N) is 2. The fourth-order valence-corrected chi connectivity index (χ4v) is 2.61. The lowest BCUT2D eigenvalue weighted by Gasteiger charge is -2.20. The van der Waals surface area contributed by atoms with Crippen molar-refractivity contribution in [3.8, 4) is 0 Å². The van der Waals surface area contributed by atoms with Crippen LogP contribution in [0.3, 0.4) is 0 Å². The standard InChI is InChI=1S/C16H16N2O/c1-2-14(19)13-7-5-6-12-9-11-18(16(12)13)15-8-3-4-10-17-15/h3-8,10H,2,9,11H2,1H3. The molecule has 1 aromatic heterocycles. The molecule has 1 aliphatic rings. The highest BCUT2D eigenvalue weighted by molar-refractivity contribution is 6.03. The van der Waals surface area contributed by atoms with Crippen LogP contribution < -0.4 is 4.90 Å². The first-order chi connectivity index (χ1) is 9.31. The van der Waals surface area contributed by atoms with Gasteiger partial charge in [0.2, 0.25) is 0 Å². The maximum Gasteiger partial charge on any atom is 0.164 e. The maximum absolute atomic E-state index is 12.1. The first-order valence-electron chi connectivity index (χ1n) is 6.65. The van der Waals surface area contributed by atoms with Gasteiger partial charge in [0, 0.05) is 24.7 Å². The van der Waals surface area contributed by atoms with Crippen LogP contribution in [0, 0.1) is 0 Å². The Morgan fingerprint density at radius 1 is 1.26 bits per heavy atom. The zero-order chi connectivity index (χ0) is 13.2. The summed E-state index contributed by atoms with van der Waals surface area (Å²) in [5.41, 5.74) is 3.11. The quantitative estimate of drug-likeness (QED) is 0.785.